The number of hydrogen-bond acceptors (Lipinski definition) is 2. The van der Waals surface area contributed by atoms with Crippen molar-refractivity contribution in [3.8, 4) is 0 Å². The molecule has 0 amide bonds. The van der Waals surface area contributed by atoms with Gasteiger partial charge in [-0.2, -0.15) is 5.10 Å². The number of aromatic nitrogens is 2. The van der Waals surface area contributed by atoms with Gasteiger partial charge in [-0.1, -0.05) is 11.6 Å². The van der Waals surface area contributed by atoms with Crippen LogP contribution in [0.5, 0.6) is 0 Å². The second-order valence-electron chi connectivity index (χ2n) is 5.86. The summed E-state index contributed by atoms with van der Waals surface area (Å²) in [7, 11) is 0. The van der Waals surface area contributed by atoms with Crippen molar-refractivity contribution in [1.29, 1.82) is 0 Å². The van der Waals surface area contributed by atoms with Crippen LogP contribution >= 0.6 is 11.6 Å². The molecule has 2 aliphatic carbocycles. The van der Waals surface area contributed by atoms with Gasteiger partial charge in [0.05, 0.1) is 23.0 Å². The summed E-state index contributed by atoms with van der Waals surface area (Å²) < 4.78 is 2.03. The van der Waals surface area contributed by atoms with Gasteiger partial charge in [0.15, 0.2) is 0 Å². The summed E-state index contributed by atoms with van der Waals surface area (Å²) in [6, 6.07) is 0.775. The van der Waals surface area contributed by atoms with Gasteiger partial charge >= 0.3 is 0 Å². The molecule has 1 N–H and O–H groups in total. The molecule has 1 aromatic rings. The normalized spacial score (nSPS) is 19.8. The van der Waals surface area contributed by atoms with E-state index in [2.05, 4.69) is 10.4 Å². The molecular formula is C14H22ClN3. The highest BCUT2D eigenvalue weighted by atomic mass is 35.5. The number of halogens is 1. The summed E-state index contributed by atoms with van der Waals surface area (Å²) in [5.41, 5.74) is 2.03. The van der Waals surface area contributed by atoms with Crippen LogP contribution in [-0.4, -0.2) is 22.4 Å². The number of nitrogens with one attached hydrogen (secondary N) is 1. The monoisotopic (exact) mass is 267 g/mol. The van der Waals surface area contributed by atoms with Crippen molar-refractivity contribution in [2.75, 3.05) is 6.54 Å². The van der Waals surface area contributed by atoms with Crippen molar-refractivity contribution in [1.82, 2.24) is 15.1 Å². The van der Waals surface area contributed by atoms with Gasteiger partial charge in [0, 0.05) is 12.6 Å². The summed E-state index contributed by atoms with van der Waals surface area (Å²) in [6.07, 6.45) is 5.72. The molecule has 2 fully saturated rings. The molecule has 1 aromatic heterocycles. The molecule has 100 valence electrons. The predicted molar refractivity (Wildman–Crippen MR) is 73.9 cm³/mol. The number of rotatable bonds is 6. The van der Waals surface area contributed by atoms with E-state index in [0.29, 0.717) is 0 Å². The molecule has 0 aromatic carbocycles. The molecule has 0 aliphatic heterocycles. The highest BCUT2D eigenvalue weighted by Crippen LogP contribution is 2.44. The van der Waals surface area contributed by atoms with Gasteiger partial charge in [0.1, 0.15) is 0 Å². The molecule has 0 unspecified atom stereocenters. The fourth-order valence-corrected chi connectivity index (χ4v) is 2.99. The van der Waals surface area contributed by atoms with E-state index in [4.69, 9.17) is 11.6 Å². The van der Waals surface area contributed by atoms with Crippen LogP contribution in [0.3, 0.4) is 0 Å². The van der Waals surface area contributed by atoms with Gasteiger partial charge in [0.2, 0.25) is 0 Å². The lowest BCUT2D eigenvalue weighted by Crippen LogP contribution is -2.35. The Balaban J connectivity index is 1.52. The molecular weight excluding hydrogens is 246 g/mol. The first kappa shape index (κ1) is 12.5. The maximum Gasteiger partial charge on any atom is 0.0844 e. The Morgan fingerprint density at radius 1 is 1.28 bits per heavy atom. The summed E-state index contributed by atoms with van der Waals surface area (Å²) >= 11 is 6.16. The van der Waals surface area contributed by atoms with Crippen LogP contribution < -0.4 is 5.32 Å². The molecule has 3 nitrogen and oxygen atoms in total. The first-order valence-corrected chi connectivity index (χ1v) is 7.47. The van der Waals surface area contributed by atoms with Crippen molar-refractivity contribution in [2.24, 2.45) is 11.8 Å². The summed E-state index contributed by atoms with van der Waals surface area (Å²) in [5.74, 6) is 1.92. The van der Waals surface area contributed by atoms with Gasteiger partial charge in [-0.15, -0.1) is 0 Å². The lowest BCUT2D eigenvalue weighted by Gasteiger charge is -2.17. The Labute approximate surface area is 114 Å². The smallest absolute Gasteiger partial charge is 0.0844 e. The maximum absolute atomic E-state index is 6.16. The molecule has 4 heteroatoms. The minimum absolute atomic E-state index is 0.775. The lowest BCUT2D eigenvalue weighted by molar-refractivity contribution is 0.399. The highest BCUT2D eigenvalue weighted by molar-refractivity contribution is 6.31. The van der Waals surface area contributed by atoms with Crippen molar-refractivity contribution in [3.05, 3.63) is 16.4 Å². The molecule has 0 spiro atoms. The van der Waals surface area contributed by atoms with Crippen LogP contribution in [0.25, 0.3) is 0 Å². The van der Waals surface area contributed by atoms with E-state index in [9.17, 15) is 0 Å². The number of nitrogens with zero attached hydrogens (tertiary/aromatic N) is 2. The Morgan fingerprint density at radius 3 is 2.33 bits per heavy atom. The molecule has 2 aliphatic rings. The first-order valence-electron chi connectivity index (χ1n) is 7.09. The van der Waals surface area contributed by atoms with E-state index in [-0.39, 0.29) is 0 Å². The van der Waals surface area contributed by atoms with Gasteiger partial charge in [-0.3, -0.25) is 4.68 Å². The molecule has 0 bridgehead atoms. The first-order chi connectivity index (χ1) is 8.66. The van der Waals surface area contributed by atoms with E-state index in [0.717, 1.165) is 47.4 Å². The van der Waals surface area contributed by atoms with E-state index < -0.39 is 0 Å². The zero-order valence-corrected chi connectivity index (χ0v) is 12.0. The quantitative estimate of drug-likeness (QED) is 0.859. The van der Waals surface area contributed by atoms with Crippen LogP contribution in [0, 0.1) is 25.7 Å². The maximum atomic E-state index is 6.16. The third-order valence-electron chi connectivity index (χ3n) is 4.26. The third-order valence-corrected chi connectivity index (χ3v) is 4.80. The molecule has 2 saturated carbocycles. The van der Waals surface area contributed by atoms with Gasteiger partial charge in [-0.25, -0.2) is 0 Å². The second kappa shape index (κ2) is 4.86. The second-order valence-corrected chi connectivity index (χ2v) is 6.24. The summed E-state index contributed by atoms with van der Waals surface area (Å²) in [6.45, 7) is 5.95. The van der Waals surface area contributed by atoms with Gasteiger partial charge in [-0.05, 0) is 51.4 Å². The largest absolute Gasteiger partial charge is 0.312 e. The summed E-state index contributed by atoms with van der Waals surface area (Å²) in [5, 5.41) is 9.03. The Bertz CT molecular complexity index is 420. The standard InChI is InChI=1S/C14H22ClN3/c1-9-13(15)10(2)18(17-9)8-7-16-14(11-3-4-11)12-5-6-12/h11-12,14,16H,3-8H2,1-2H3. The Kier molecular flexibility index (Phi) is 3.37. The third kappa shape index (κ3) is 2.57. The molecule has 3 rings (SSSR count). The SMILES string of the molecule is Cc1nn(CCNC(C2CC2)C2CC2)c(C)c1Cl. The zero-order chi connectivity index (χ0) is 12.7. The lowest BCUT2D eigenvalue weighted by atomic mass is 10.1. The van der Waals surface area contributed by atoms with Crippen LogP contribution in [0.15, 0.2) is 0 Å². The fourth-order valence-electron chi connectivity index (χ4n) is 2.86. The Morgan fingerprint density at radius 2 is 1.89 bits per heavy atom. The topological polar surface area (TPSA) is 29.9 Å². The van der Waals surface area contributed by atoms with Crippen LogP contribution in [0.1, 0.15) is 37.1 Å². The number of aryl methyl sites for hydroxylation is 1. The van der Waals surface area contributed by atoms with Crippen molar-refractivity contribution in [3.63, 3.8) is 0 Å². The van der Waals surface area contributed by atoms with Gasteiger partial charge in [0.25, 0.3) is 0 Å². The van der Waals surface area contributed by atoms with Crippen molar-refractivity contribution < 1.29 is 0 Å². The molecule has 18 heavy (non-hydrogen) atoms. The van der Waals surface area contributed by atoms with E-state index in [1.807, 2.05) is 18.5 Å². The average Bonchev–Trinajstić information content (AvgIpc) is 3.23. The molecule has 1 heterocycles. The van der Waals surface area contributed by atoms with Crippen LogP contribution in [-0.2, 0) is 6.54 Å². The predicted octanol–water partition coefficient (Wildman–Crippen LogP) is 2.93. The van der Waals surface area contributed by atoms with Gasteiger partial charge < -0.3 is 5.32 Å². The minimum Gasteiger partial charge on any atom is -0.312 e. The van der Waals surface area contributed by atoms with E-state index in [1.165, 1.54) is 25.7 Å². The minimum atomic E-state index is 0.775. The highest BCUT2D eigenvalue weighted by Gasteiger charge is 2.40. The zero-order valence-electron chi connectivity index (χ0n) is 11.2. The number of hydrogen-bond donors (Lipinski definition) is 1. The molecule has 0 atom stereocenters. The van der Waals surface area contributed by atoms with Crippen molar-refractivity contribution in [2.45, 2.75) is 52.1 Å². The van der Waals surface area contributed by atoms with E-state index >= 15 is 0 Å². The van der Waals surface area contributed by atoms with E-state index in [1.54, 1.807) is 0 Å². The molecule has 0 saturated heterocycles. The van der Waals surface area contributed by atoms with Crippen LogP contribution in [0.2, 0.25) is 5.02 Å². The Hall–Kier alpha value is -0.540. The summed E-state index contributed by atoms with van der Waals surface area (Å²) in [4.78, 5) is 0. The van der Waals surface area contributed by atoms with Crippen LogP contribution in [0.4, 0.5) is 0 Å². The van der Waals surface area contributed by atoms with Crippen molar-refractivity contribution >= 4 is 11.6 Å². The fraction of sp³-hybridized carbons (Fsp3) is 0.786. The molecule has 0 radical (unpaired) electrons. The average molecular weight is 268 g/mol.